The maximum atomic E-state index is 12.7. The number of nitrogens with zero attached hydrogens (tertiary/aromatic N) is 1. The van der Waals surface area contributed by atoms with E-state index in [1.807, 2.05) is 54.6 Å². The van der Waals surface area contributed by atoms with Crippen molar-refractivity contribution < 1.29 is 19.1 Å². The number of esters is 1. The maximum Gasteiger partial charge on any atom is 0.343 e. The second kappa shape index (κ2) is 8.32. The van der Waals surface area contributed by atoms with E-state index in [4.69, 9.17) is 9.47 Å². The molecular formula is C27H17NO4. The molecule has 0 saturated heterocycles. The molecule has 0 amide bonds. The Labute approximate surface area is 184 Å². The molecule has 0 atom stereocenters. The molecule has 1 aromatic heterocycles. The first-order valence-electron chi connectivity index (χ1n) is 10.0. The van der Waals surface area contributed by atoms with Crippen molar-refractivity contribution in [1.29, 1.82) is 0 Å². The SMILES string of the molecule is O=C(Oc1ccc2c(c1)O/C(=C\c1ccc(-c3ccccc3)cc1)C2=O)c1ccncc1. The topological polar surface area (TPSA) is 65.5 Å². The fourth-order valence-corrected chi connectivity index (χ4v) is 3.44. The van der Waals surface area contributed by atoms with Gasteiger partial charge in [0.25, 0.3) is 0 Å². The fourth-order valence-electron chi connectivity index (χ4n) is 3.44. The van der Waals surface area contributed by atoms with E-state index in [1.54, 1.807) is 36.4 Å². The molecule has 1 aliphatic rings. The molecule has 154 valence electrons. The molecule has 0 fully saturated rings. The number of carbonyl (C=O) groups is 2. The van der Waals surface area contributed by atoms with Crippen molar-refractivity contribution in [2.45, 2.75) is 0 Å². The maximum absolute atomic E-state index is 12.7. The predicted molar refractivity (Wildman–Crippen MR) is 120 cm³/mol. The summed E-state index contributed by atoms with van der Waals surface area (Å²) in [7, 11) is 0. The number of benzene rings is 3. The van der Waals surface area contributed by atoms with Crippen LogP contribution in [0.25, 0.3) is 17.2 Å². The van der Waals surface area contributed by atoms with Gasteiger partial charge in [-0.3, -0.25) is 9.78 Å². The minimum absolute atomic E-state index is 0.209. The Morgan fingerprint density at radius 2 is 1.56 bits per heavy atom. The Kier molecular flexibility index (Phi) is 5.06. The largest absolute Gasteiger partial charge is 0.452 e. The van der Waals surface area contributed by atoms with Crippen LogP contribution >= 0.6 is 0 Å². The third kappa shape index (κ3) is 3.91. The van der Waals surface area contributed by atoms with Crippen LogP contribution in [-0.4, -0.2) is 16.7 Å². The summed E-state index contributed by atoms with van der Waals surface area (Å²) < 4.78 is 11.2. The van der Waals surface area contributed by atoms with Crippen LogP contribution in [0.2, 0.25) is 0 Å². The molecule has 0 spiro atoms. The van der Waals surface area contributed by atoms with Crippen LogP contribution in [0.15, 0.2) is 103 Å². The zero-order chi connectivity index (χ0) is 21.9. The summed E-state index contributed by atoms with van der Waals surface area (Å²) in [5, 5.41) is 0. The van der Waals surface area contributed by atoms with Gasteiger partial charge in [-0.1, -0.05) is 54.6 Å². The Morgan fingerprint density at radius 3 is 2.31 bits per heavy atom. The van der Waals surface area contributed by atoms with Crippen molar-refractivity contribution in [3.05, 3.63) is 120 Å². The first-order valence-corrected chi connectivity index (χ1v) is 10.0. The number of Topliss-reactive ketones (excluding diaryl/α,β-unsaturated/α-hetero) is 1. The molecule has 5 heteroatoms. The Morgan fingerprint density at radius 1 is 0.844 bits per heavy atom. The first kappa shape index (κ1) is 19.5. The van der Waals surface area contributed by atoms with Gasteiger partial charge in [0, 0.05) is 18.5 Å². The molecular weight excluding hydrogens is 402 g/mol. The lowest BCUT2D eigenvalue weighted by atomic mass is 10.0. The summed E-state index contributed by atoms with van der Waals surface area (Å²) in [6, 6.07) is 25.8. The number of ether oxygens (including phenoxy) is 2. The zero-order valence-corrected chi connectivity index (χ0v) is 16.9. The zero-order valence-electron chi connectivity index (χ0n) is 16.9. The van der Waals surface area contributed by atoms with Crippen molar-refractivity contribution in [2.24, 2.45) is 0 Å². The van der Waals surface area contributed by atoms with Crippen LogP contribution < -0.4 is 9.47 Å². The molecule has 4 aromatic rings. The van der Waals surface area contributed by atoms with Crippen molar-refractivity contribution in [2.75, 3.05) is 0 Å². The van der Waals surface area contributed by atoms with E-state index < -0.39 is 5.97 Å². The molecule has 5 nitrogen and oxygen atoms in total. The average Bonchev–Trinajstić information content (AvgIpc) is 3.15. The number of hydrogen-bond acceptors (Lipinski definition) is 5. The second-order valence-electron chi connectivity index (χ2n) is 7.21. The van der Waals surface area contributed by atoms with Gasteiger partial charge >= 0.3 is 5.97 Å². The lowest BCUT2D eigenvalue weighted by Gasteiger charge is -2.05. The van der Waals surface area contributed by atoms with Crippen molar-refractivity contribution in [3.8, 4) is 22.6 Å². The van der Waals surface area contributed by atoms with Crippen LogP contribution in [0.4, 0.5) is 0 Å². The van der Waals surface area contributed by atoms with Crippen LogP contribution in [0, 0.1) is 0 Å². The van der Waals surface area contributed by atoms with E-state index in [0.29, 0.717) is 22.6 Å². The van der Waals surface area contributed by atoms with E-state index in [1.165, 1.54) is 12.4 Å². The number of aromatic nitrogens is 1. The first-order chi connectivity index (χ1) is 15.7. The van der Waals surface area contributed by atoms with E-state index in [2.05, 4.69) is 4.98 Å². The summed E-state index contributed by atoms with van der Waals surface area (Å²) in [5.74, 6) is 0.171. The van der Waals surface area contributed by atoms with Crippen LogP contribution in [0.5, 0.6) is 11.5 Å². The van der Waals surface area contributed by atoms with Gasteiger partial charge in [-0.2, -0.15) is 0 Å². The summed E-state index contributed by atoms with van der Waals surface area (Å²) in [4.78, 5) is 28.9. The standard InChI is InChI=1S/C27H17NO4/c29-26-23-11-10-22(31-27(30)21-12-14-28-15-13-21)17-24(23)32-25(26)16-18-6-8-20(9-7-18)19-4-2-1-3-5-19/h1-17H/b25-16-. The summed E-state index contributed by atoms with van der Waals surface area (Å²) in [6.07, 6.45) is 4.74. The highest BCUT2D eigenvalue weighted by atomic mass is 16.5. The normalized spacial score (nSPS) is 13.5. The third-order valence-corrected chi connectivity index (χ3v) is 5.08. The quantitative estimate of drug-likeness (QED) is 0.245. The summed E-state index contributed by atoms with van der Waals surface area (Å²) in [6.45, 7) is 0. The highest BCUT2D eigenvalue weighted by Crippen LogP contribution is 2.35. The fraction of sp³-hybridized carbons (Fsp3) is 0. The van der Waals surface area contributed by atoms with Gasteiger partial charge in [0.2, 0.25) is 5.78 Å². The molecule has 32 heavy (non-hydrogen) atoms. The number of ketones is 1. The Bertz CT molecular complexity index is 1330. The van der Waals surface area contributed by atoms with E-state index in [0.717, 1.165) is 16.7 Å². The van der Waals surface area contributed by atoms with E-state index >= 15 is 0 Å². The van der Waals surface area contributed by atoms with Crippen LogP contribution in [0.3, 0.4) is 0 Å². The number of hydrogen-bond donors (Lipinski definition) is 0. The van der Waals surface area contributed by atoms with E-state index in [-0.39, 0.29) is 11.5 Å². The molecule has 1 aliphatic heterocycles. The van der Waals surface area contributed by atoms with Gasteiger partial charge in [-0.25, -0.2) is 4.79 Å². The molecule has 0 saturated carbocycles. The van der Waals surface area contributed by atoms with Crippen LogP contribution in [0.1, 0.15) is 26.3 Å². The lowest BCUT2D eigenvalue weighted by molar-refractivity contribution is 0.0734. The molecule has 0 radical (unpaired) electrons. The van der Waals surface area contributed by atoms with E-state index in [9.17, 15) is 9.59 Å². The number of fused-ring (bicyclic) bond motifs is 1. The average molecular weight is 419 g/mol. The smallest absolute Gasteiger partial charge is 0.343 e. The molecule has 2 heterocycles. The second-order valence-corrected chi connectivity index (χ2v) is 7.21. The number of pyridine rings is 1. The molecule has 5 rings (SSSR count). The van der Waals surface area contributed by atoms with Gasteiger partial charge in [0.15, 0.2) is 5.76 Å². The molecule has 0 bridgehead atoms. The summed E-state index contributed by atoms with van der Waals surface area (Å²) in [5.41, 5.74) is 3.89. The van der Waals surface area contributed by atoms with Gasteiger partial charge in [-0.15, -0.1) is 0 Å². The highest BCUT2D eigenvalue weighted by Gasteiger charge is 2.28. The minimum Gasteiger partial charge on any atom is -0.452 e. The van der Waals surface area contributed by atoms with Gasteiger partial charge in [-0.05, 0) is 47.0 Å². The number of carbonyl (C=O) groups excluding carboxylic acids is 2. The molecule has 3 aromatic carbocycles. The van der Waals surface area contributed by atoms with Crippen molar-refractivity contribution in [3.63, 3.8) is 0 Å². The predicted octanol–water partition coefficient (Wildman–Crippen LogP) is 5.58. The van der Waals surface area contributed by atoms with Crippen molar-refractivity contribution in [1.82, 2.24) is 4.98 Å². The van der Waals surface area contributed by atoms with Crippen molar-refractivity contribution >= 4 is 17.8 Å². The molecule has 0 N–H and O–H groups in total. The Balaban J connectivity index is 1.34. The third-order valence-electron chi connectivity index (χ3n) is 5.08. The summed E-state index contributed by atoms with van der Waals surface area (Å²) >= 11 is 0. The Hall–Kier alpha value is -4.51. The molecule has 0 aliphatic carbocycles. The minimum atomic E-state index is -0.508. The lowest BCUT2D eigenvalue weighted by Crippen LogP contribution is -2.08. The van der Waals surface area contributed by atoms with Gasteiger partial charge in [0.05, 0.1) is 11.1 Å². The number of allylic oxidation sites excluding steroid dienone is 1. The highest BCUT2D eigenvalue weighted by molar-refractivity contribution is 6.14. The molecule has 0 unspecified atom stereocenters. The van der Waals surface area contributed by atoms with Gasteiger partial charge in [0.1, 0.15) is 11.5 Å². The number of rotatable bonds is 4. The van der Waals surface area contributed by atoms with Gasteiger partial charge < -0.3 is 9.47 Å². The monoisotopic (exact) mass is 419 g/mol. The van der Waals surface area contributed by atoms with Crippen LogP contribution in [-0.2, 0) is 0 Å².